The lowest BCUT2D eigenvalue weighted by Gasteiger charge is -2.32. The molecule has 0 aromatic heterocycles. The lowest BCUT2D eigenvalue weighted by molar-refractivity contribution is -0.150. The second kappa shape index (κ2) is 8.49. The zero-order valence-electron chi connectivity index (χ0n) is 14.6. The molecule has 2 saturated heterocycles. The van der Waals surface area contributed by atoms with Crippen molar-refractivity contribution in [1.82, 2.24) is 4.90 Å². The van der Waals surface area contributed by atoms with Gasteiger partial charge in [-0.1, -0.05) is 12.1 Å². The normalized spacial score (nSPS) is 22.4. The number of likely N-dealkylation sites (tertiary alicyclic amines) is 1. The number of anilines is 1. The summed E-state index contributed by atoms with van der Waals surface area (Å²) in [5.41, 5.74) is 2.57. The highest BCUT2D eigenvalue weighted by Gasteiger charge is 2.26. The Morgan fingerprint density at radius 2 is 1.96 bits per heavy atom. The maximum Gasteiger partial charge on any atom is 0.310 e. The van der Waals surface area contributed by atoms with E-state index in [1.165, 1.54) is 11.3 Å². The third kappa shape index (κ3) is 4.48. The molecule has 1 aromatic carbocycles. The van der Waals surface area contributed by atoms with Crippen LogP contribution in [0.25, 0.3) is 0 Å². The van der Waals surface area contributed by atoms with Gasteiger partial charge in [-0.3, -0.25) is 9.69 Å². The minimum atomic E-state index is -0.0372. The van der Waals surface area contributed by atoms with Gasteiger partial charge in [-0.25, -0.2) is 0 Å². The fourth-order valence-corrected chi connectivity index (χ4v) is 3.54. The Morgan fingerprint density at radius 3 is 2.67 bits per heavy atom. The van der Waals surface area contributed by atoms with Gasteiger partial charge in [-0.2, -0.15) is 0 Å². The predicted molar refractivity (Wildman–Crippen MR) is 94.1 cm³/mol. The van der Waals surface area contributed by atoms with E-state index in [0.717, 1.165) is 58.8 Å². The fraction of sp³-hybridized carbons (Fsp3) is 0.632. The van der Waals surface area contributed by atoms with Crippen molar-refractivity contribution in [2.75, 3.05) is 50.9 Å². The van der Waals surface area contributed by atoms with Gasteiger partial charge in [-0.15, -0.1) is 0 Å². The Kier molecular flexibility index (Phi) is 6.10. The molecule has 3 rings (SSSR count). The fourth-order valence-electron chi connectivity index (χ4n) is 3.54. The summed E-state index contributed by atoms with van der Waals surface area (Å²) in [5.74, 6) is -0.00353. The van der Waals surface area contributed by atoms with E-state index in [2.05, 4.69) is 34.1 Å². The number of hydrogen-bond donors (Lipinski definition) is 0. The zero-order chi connectivity index (χ0) is 16.8. The van der Waals surface area contributed by atoms with Crippen LogP contribution in [0.3, 0.4) is 0 Å². The Hall–Kier alpha value is -1.59. The molecule has 1 atom stereocenters. The summed E-state index contributed by atoms with van der Waals surface area (Å²) in [5, 5.41) is 0. The summed E-state index contributed by atoms with van der Waals surface area (Å²) in [4.78, 5) is 16.7. The largest absolute Gasteiger partial charge is 0.466 e. The second-order valence-corrected chi connectivity index (χ2v) is 6.59. The van der Waals surface area contributed by atoms with Crippen LogP contribution in [0.15, 0.2) is 24.3 Å². The van der Waals surface area contributed by atoms with Crippen molar-refractivity contribution in [3.05, 3.63) is 29.8 Å². The van der Waals surface area contributed by atoms with Crippen LogP contribution >= 0.6 is 0 Å². The van der Waals surface area contributed by atoms with Crippen molar-refractivity contribution in [2.24, 2.45) is 5.92 Å². The number of carbonyl (C=O) groups is 1. The van der Waals surface area contributed by atoms with Crippen LogP contribution in [0.5, 0.6) is 0 Å². The third-order valence-electron chi connectivity index (χ3n) is 4.84. The number of rotatable bonds is 5. The minimum Gasteiger partial charge on any atom is -0.466 e. The van der Waals surface area contributed by atoms with E-state index in [9.17, 15) is 4.79 Å². The molecule has 0 bridgehead atoms. The Bertz CT molecular complexity index is 526. The molecular formula is C19H28N2O3. The third-order valence-corrected chi connectivity index (χ3v) is 4.84. The van der Waals surface area contributed by atoms with E-state index in [1.54, 1.807) is 0 Å². The lowest BCUT2D eigenvalue weighted by atomic mass is 9.97. The lowest BCUT2D eigenvalue weighted by Crippen LogP contribution is -2.39. The summed E-state index contributed by atoms with van der Waals surface area (Å²) < 4.78 is 10.6. The summed E-state index contributed by atoms with van der Waals surface area (Å²) >= 11 is 0. The molecule has 0 spiro atoms. The number of benzene rings is 1. The summed E-state index contributed by atoms with van der Waals surface area (Å²) in [7, 11) is 0. The number of esters is 1. The molecule has 24 heavy (non-hydrogen) atoms. The first-order valence-electron chi connectivity index (χ1n) is 9.07. The quantitative estimate of drug-likeness (QED) is 0.774. The molecule has 0 saturated carbocycles. The Balaban J connectivity index is 1.54. The van der Waals surface area contributed by atoms with Gasteiger partial charge in [0.1, 0.15) is 0 Å². The predicted octanol–water partition coefficient (Wildman–Crippen LogP) is 2.30. The van der Waals surface area contributed by atoms with E-state index in [4.69, 9.17) is 9.47 Å². The van der Waals surface area contributed by atoms with Crippen molar-refractivity contribution >= 4 is 11.7 Å². The Morgan fingerprint density at radius 1 is 1.21 bits per heavy atom. The van der Waals surface area contributed by atoms with Crippen LogP contribution in [-0.4, -0.2) is 56.9 Å². The van der Waals surface area contributed by atoms with Crippen LogP contribution in [0, 0.1) is 5.92 Å². The molecule has 1 unspecified atom stereocenters. The monoisotopic (exact) mass is 332 g/mol. The topological polar surface area (TPSA) is 42.0 Å². The molecule has 2 fully saturated rings. The first kappa shape index (κ1) is 17.2. The van der Waals surface area contributed by atoms with Gasteiger partial charge in [-0.05, 0) is 44.0 Å². The van der Waals surface area contributed by atoms with Gasteiger partial charge in [0.15, 0.2) is 0 Å². The molecule has 0 radical (unpaired) electrons. The van der Waals surface area contributed by atoms with E-state index < -0.39 is 0 Å². The van der Waals surface area contributed by atoms with Crippen molar-refractivity contribution in [2.45, 2.75) is 26.3 Å². The highest BCUT2D eigenvalue weighted by Crippen LogP contribution is 2.21. The van der Waals surface area contributed by atoms with Gasteiger partial charge in [0.05, 0.1) is 25.7 Å². The van der Waals surface area contributed by atoms with Gasteiger partial charge in [0.2, 0.25) is 0 Å². The first-order valence-corrected chi connectivity index (χ1v) is 9.07. The highest BCUT2D eigenvalue weighted by molar-refractivity contribution is 5.72. The number of carbonyl (C=O) groups excluding carboxylic acids is 1. The van der Waals surface area contributed by atoms with Crippen LogP contribution in [0.2, 0.25) is 0 Å². The summed E-state index contributed by atoms with van der Waals surface area (Å²) in [6, 6.07) is 8.82. The molecule has 2 aliphatic rings. The molecule has 5 heteroatoms. The molecule has 1 aromatic rings. The molecule has 0 N–H and O–H groups in total. The van der Waals surface area contributed by atoms with Gasteiger partial charge < -0.3 is 14.4 Å². The molecule has 2 heterocycles. The minimum absolute atomic E-state index is 0.0336. The molecule has 0 aliphatic carbocycles. The number of hydrogen-bond acceptors (Lipinski definition) is 5. The maximum atomic E-state index is 12.0. The SMILES string of the molecule is CCOC(=O)C1CCCN(Cc2ccc(N3CCOCC3)cc2)C1. The number of nitrogens with zero attached hydrogens (tertiary/aromatic N) is 2. The average Bonchev–Trinajstić information content (AvgIpc) is 2.63. The van der Waals surface area contributed by atoms with Crippen molar-refractivity contribution in [3.8, 4) is 0 Å². The smallest absolute Gasteiger partial charge is 0.310 e. The summed E-state index contributed by atoms with van der Waals surface area (Å²) in [6.07, 6.45) is 2.01. The number of ether oxygens (including phenoxy) is 2. The molecule has 132 valence electrons. The van der Waals surface area contributed by atoms with Gasteiger partial charge in [0, 0.05) is 31.9 Å². The van der Waals surface area contributed by atoms with Gasteiger partial charge >= 0.3 is 5.97 Å². The molecule has 0 amide bonds. The Labute approximate surface area is 144 Å². The molecular weight excluding hydrogens is 304 g/mol. The van der Waals surface area contributed by atoms with Crippen molar-refractivity contribution in [3.63, 3.8) is 0 Å². The van der Waals surface area contributed by atoms with Crippen LogP contribution in [-0.2, 0) is 20.8 Å². The molecule has 5 nitrogen and oxygen atoms in total. The van der Waals surface area contributed by atoms with Crippen LogP contribution in [0.1, 0.15) is 25.3 Å². The van der Waals surface area contributed by atoms with E-state index in [1.807, 2.05) is 6.92 Å². The van der Waals surface area contributed by atoms with E-state index in [-0.39, 0.29) is 11.9 Å². The van der Waals surface area contributed by atoms with Crippen molar-refractivity contribution in [1.29, 1.82) is 0 Å². The molecule has 2 aliphatic heterocycles. The highest BCUT2D eigenvalue weighted by atomic mass is 16.5. The first-order chi connectivity index (χ1) is 11.8. The summed E-state index contributed by atoms with van der Waals surface area (Å²) in [6.45, 7) is 8.66. The van der Waals surface area contributed by atoms with E-state index >= 15 is 0 Å². The second-order valence-electron chi connectivity index (χ2n) is 6.59. The number of morpholine rings is 1. The van der Waals surface area contributed by atoms with Crippen LogP contribution < -0.4 is 4.90 Å². The van der Waals surface area contributed by atoms with Crippen molar-refractivity contribution < 1.29 is 14.3 Å². The number of piperidine rings is 1. The van der Waals surface area contributed by atoms with Crippen LogP contribution in [0.4, 0.5) is 5.69 Å². The van der Waals surface area contributed by atoms with Gasteiger partial charge in [0.25, 0.3) is 0 Å². The standard InChI is InChI=1S/C19H28N2O3/c1-2-24-19(22)17-4-3-9-20(15-17)14-16-5-7-18(8-6-16)21-10-12-23-13-11-21/h5-8,17H,2-4,9-15H2,1H3. The zero-order valence-corrected chi connectivity index (χ0v) is 14.6. The average molecular weight is 332 g/mol. The maximum absolute atomic E-state index is 12.0. The van der Waals surface area contributed by atoms with E-state index in [0.29, 0.717) is 6.61 Å².